The number of halogens is 1. The minimum Gasteiger partial charge on any atom is -0.381 e. The van der Waals surface area contributed by atoms with Gasteiger partial charge in [-0.1, -0.05) is 41.6 Å². The van der Waals surface area contributed by atoms with E-state index in [1.54, 1.807) is 0 Å². The smallest absolute Gasteiger partial charge is 0.0504 e. The molecular weight excluding hydrogens is 216 g/mol. The van der Waals surface area contributed by atoms with Gasteiger partial charge in [0.1, 0.15) is 0 Å². The molecule has 0 bridgehead atoms. The van der Waals surface area contributed by atoms with E-state index in [2.05, 4.69) is 22.9 Å². The Labute approximate surface area is 84.0 Å². The van der Waals surface area contributed by atoms with Gasteiger partial charge in [-0.3, -0.25) is 0 Å². The lowest BCUT2D eigenvalue weighted by atomic mass is 9.93. The summed E-state index contributed by atoms with van der Waals surface area (Å²) < 4.78 is 5.47. The van der Waals surface area contributed by atoms with Gasteiger partial charge < -0.3 is 4.74 Å². The molecule has 1 fully saturated rings. The molecular formula is C10H19BrO. The van der Waals surface area contributed by atoms with Gasteiger partial charge in [0.05, 0.1) is 6.61 Å². The third kappa shape index (κ3) is 3.06. The van der Waals surface area contributed by atoms with E-state index in [-0.39, 0.29) is 0 Å². The van der Waals surface area contributed by atoms with Crippen molar-refractivity contribution in [2.75, 3.05) is 18.5 Å². The highest BCUT2D eigenvalue weighted by Crippen LogP contribution is 2.32. The number of rotatable bonds is 5. The molecule has 0 aromatic heterocycles. The zero-order chi connectivity index (χ0) is 8.81. The summed E-state index contributed by atoms with van der Waals surface area (Å²) in [4.78, 5) is 0. The Morgan fingerprint density at radius 1 is 1.42 bits per heavy atom. The minimum atomic E-state index is 0.757. The summed E-state index contributed by atoms with van der Waals surface area (Å²) in [6.45, 7) is 3.88. The number of ether oxygens (including phenoxy) is 1. The number of hydrogen-bond donors (Lipinski definition) is 0. The molecule has 1 atom stereocenters. The number of alkyl halides is 1. The summed E-state index contributed by atoms with van der Waals surface area (Å²) in [5.74, 6) is 1.68. The topological polar surface area (TPSA) is 9.23 Å². The fraction of sp³-hybridized carbons (Fsp3) is 1.00. The standard InChI is InChI=1S/C10H19BrO/c1-2-12-8-10(7-11)9-5-3-4-6-9/h9-10H,2-8H2,1H3. The summed E-state index contributed by atoms with van der Waals surface area (Å²) in [7, 11) is 0. The van der Waals surface area contributed by atoms with Crippen LogP contribution in [0, 0.1) is 11.8 Å². The van der Waals surface area contributed by atoms with Gasteiger partial charge in [-0.2, -0.15) is 0 Å². The molecule has 0 aliphatic heterocycles. The highest BCUT2D eigenvalue weighted by atomic mass is 79.9. The first-order valence-corrected chi connectivity index (χ1v) is 6.14. The van der Waals surface area contributed by atoms with Gasteiger partial charge in [-0.25, -0.2) is 0 Å². The molecule has 1 aliphatic carbocycles. The van der Waals surface area contributed by atoms with E-state index < -0.39 is 0 Å². The predicted molar refractivity (Wildman–Crippen MR) is 55.7 cm³/mol. The first-order valence-electron chi connectivity index (χ1n) is 5.02. The van der Waals surface area contributed by atoms with E-state index in [0.717, 1.165) is 30.4 Å². The third-order valence-electron chi connectivity index (χ3n) is 2.80. The Hall–Kier alpha value is 0.440. The van der Waals surface area contributed by atoms with Crippen LogP contribution in [-0.4, -0.2) is 18.5 Å². The second-order valence-corrected chi connectivity index (χ2v) is 4.27. The first kappa shape index (κ1) is 10.5. The Morgan fingerprint density at radius 2 is 2.08 bits per heavy atom. The largest absolute Gasteiger partial charge is 0.381 e. The fourth-order valence-electron chi connectivity index (χ4n) is 2.00. The summed E-state index contributed by atoms with van der Waals surface area (Å²) >= 11 is 3.58. The normalized spacial score (nSPS) is 21.5. The molecule has 0 amide bonds. The second kappa shape index (κ2) is 5.98. The van der Waals surface area contributed by atoms with Crippen LogP contribution in [0.2, 0.25) is 0 Å². The van der Waals surface area contributed by atoms with Crippen molar-refractivity contribution in [2.24, 2.45) is 11.8 Å². The molecule has 1 saturated carbocycles. The van der Waals surface area contributed by atoms with E-state index in [4.69, 9.17) is 4.74 Å². The van der Waals surface area contributed by atoms with E-state index in [0.29, 0.717) is 0 Å². The summed E-state index contributed by atoms with van der Waals surface area (Å²) in [6.07, 6.45) is 5.70. The Balaban J connectivity index is 2.22. The maximum absolute atomic E-state index is 5.47. The highest BCUT2D eigenvalue weighted by molar-refractivity contribution is 9.09. The highest BCUT2D eigenvalue weighted by Gasteiger charge is 2.23. The van der Waals surface area contributed by atoms with Crippen molar-refractivity contribution < 1.29 is 4.74 Å². The maximum Gasteiger partial charge on any atom is 0.0504 e. The molecule has 0 spiro atoms. The van der Waals surface area contributed by atoms with Crippen molar-refractivity contribution in [2.45, 2.75) is 32.6 Å². The Morgan fingerprint density at radius 3 is 2.58 bits per heavy atom. The molecule has 1 aliphatic rings. The van der Waals surface area contributed by atoms with Gasteiger partial charge in [0.2, 0.25) is 0 Å². The van der Waals surface area contributed by atoms with Gasteiger partial charge in [0, 0.05) is 11.9 Å². The van der Waals surface area contributed by atoms with Crippen LogP contribution in [0.25, 0.3) is 0 Å². The molecule has 0 heterocycles. The van der Waals surface area contributed by atoms with E-state index in [1.165, 1.54) is 25.7 Å². The van der Waals surface area contributed by atoms with Crippen LogP contribution in [0.3, 0.4) is 0 Å². The van der Waals surface area contributed by atoms with Crippen LogP contribution >= 0.6 is 15.9 Å². The Bertz CT molecular complexity index is 110. The van der Waals surface area contributed by atoms with Gasteiger partial charge in [0.25, 0.3) is 0 Å². The van der Waals surface area contributed by atoms with Crippen LogP contribution < -0.4 is 0 Å². The lowest BCUT2D eigenvalue weighted by molar-refractivity contribution is 0.0966. The van der Waals surface area contributed by atoms with Crippen molar-refractivity contribution in [1.29, 1.82) is 0 Å². The van der Waals surface area contributed by atoms with Crippen LogP contribution in [0.1, 0.15) is 32.6 Å². The van der Waals surface area contributed by atoms with E-state index in [1.807, 2.05) is 0 Å². The summed E-state index contributed by atoms with van der Waals surface area (Å²) in [5.41, 5.74) is 0. The van der Waals surface area contributed by atoms with Gasteiger partial charge in [-0.05, 0) is 18.8 Å². The SMILES string of the molecule is CCOCC(CBr)C1CCCC1. The molecule has 2 heteroatoms. The summed E-state index contributed by atoms with van der Waals surface area (Å²) in [6, 6.07) is 0. The molecule has 1 nitrogen and oxygen atoms in total. The van der Waals surface area contributed by atoms with Crippen LogP contribution in [0.4, 0.5) is 0 Å². The van der Waals surface area contributed by atoms with Crippen molar-refractivity contribution >= 4 is 15.9 Å². The second-order valence-electron chi connectivity index (χ2n) is 3.62. The molecule has 0 radical (unpaired) electrons. The van der Waals surface area contributed by atoms with Gasteiger partial charge in [0.15, 0.2) is 0 Å². The van der Waals surface area contributed by atoms with Crippen molar-refractivity contribution in [3.05, 3.63) is 0 Å². The van der Waals surface area contributed by atoms with Crippen LogP contribution in [0.5, 0.6) is 0 Å². The Kier molecular flexibility index (Phi) is 5.24. The molecule has 0 saturated heterocycles. The summed E-state index contributed by atoms with van der Waals surface area (Å²) in [5, 5.41) is 1.11. The zero-order valence-corrected chi connectivity index (χ0v) is 9.48. The number of hydrogen-bond acceptors (Lipinski definition) is 1. The fourth-order valence-corrected chi connectivity index (χ4v) is 2.72. The minimum absolute atomic E-state index is 0.757. The lowest BCUT2D eigenvalue weighted by Crippen LogP contribution is -2.19. The lowest BCUT2D eigenvalue weighted by Gasteiger charge is -2.20. The zero-order valence-electron chi connectivity index (χ0n) is 7.89. The van der Waals surface area contributed by atoms with E-state index >= 15 is 0 Å². The van der Waals surface area contributed by atoms with Gasteiger partial charge >= 0.3 is 0 Å². The molecule has 0 aromatic carbocycles. The third-order valence-corrected chi connectivity index (χ3v) is 3.63. The van der Waals surface area contributed by atoms with Crippen LogP contribution in [0.15, 0.2) is 0 Å². The molecule has 1 rings (SSSR count). The van der Waals surface area contributed by atoms with Crippen molar-refractivity contribution in [1.82, 2.24) is 0 Å². The van der Waals surface area contributed by atoms with Crippen LogP contribution in [-0.2, 0) is 4.74 Å². The van der Waals surface area contributed by atoms with Gasteiger partial charge in [-0.15, -0.1) is 0 Å². The predicted octanol–water partition coefficient (Wildman–Crippen LogP) is 3.22. The monoisotopic (exact) mass is 234 g/mol. The van der Waals surface area contributed by atoms with Crippen molar-refractivity contribution in [3.63, 3.8) is 0 Å². The average molecular weight is 235 g/mol. The quantitative estimate of drug-likeness (QED) is 0.665. The molecule has 0 aromatic rings. The molecule has 12 heavy (non-hydrogen) atoms. The molecule has 72 valence electrons. The maximum atomic E-state index is 5.47. The average Bonchev–Trinajstić information content (AvgIpc) is 2.59. The van der Waals surface area contributed by atoms with E-state index in [9.17, 15) is 0 Å². The first-order chi connectivity index (χ1) is 5.88. The van der Waals surface area contributed by atoms with Crippen molar-refractivity contribution in [3.8, 4) is 0 Å². The molecule has 1 unspecified atom stereocenters. The molecule has 0 N–H and O–H groups in total.